The molecule has 13 heteroatoms. The van der Waals surface area contributed by atoms with Gasteiger partial charge in [-0.1, -0.05) is 0 Å². The molecule has 0 bridgehead atoms. The number of hydrogen-bond acceptors (Lipinski definition) is 10. The average Bonchev–Trinajstić information content (AvgIpc) is 3.55. The molecule has 0 spiro atoms. The van der Waals surface area contributed by atoms with Crippen LogP contribution in [0.1, 0.15) is 19.1 Å². The molecule has 2 aliphatic heterocycles. The number of nitrogen functional groups attached to an aromatic ring is 1. The van der Waals surface area contributed by atoms with Crippen molar-refractivity contribution in [2.45, 2.75) is 37.4 Å². The number of nitrogens with zero attached hydrogens (tertiary/aromatic N) is 6. The van der Waals surface area contributed by atoms with Crippen molar-refractivity contribution < 1.29 is 24.9 Å². The molecule has 3 aromatic heterocycles. The van der Waals surface area contributed by atoms with E-state index in [1.807, 2.05) is 6.07 Å². The molecule has 2 fully saturated rings. The van der Waals surface area contributed by atoms with Crippen LogP contribution in [-0.2, 0) is 16.6 Å². The summed E-state index contributed by atoms with van der Waals surface area (Å²) in [5.41, 5.74) is 7.84. The molecule has 36 heavy (non-hydrogen) atoms. The molecule has 13 nitrogen and oxygen atoms in total. The number of ether oxygens (including phenoxy) is 1. The summed E-state index contributed by atoms with van der Waals surface area (Å²) in [6.07, 6.45) is 1.52. The highest BCUT2D eigenvalue weighted by molar-refractivity contribution is 5.99. The molecule has 2 saturated heterocycles. The van der Waals surface area contributed by atoms with Crippen molar-refractivity contribution in [2.24, 2.45) is 13.0 Å². The van der Waals surface area contributed by atoms with Gasteiger partial charge < -0.3 is 40.6 Å². The molecule has 2 aliphatic rings. The average molecular weight is 501 g/mol. The maximum Gasteiger partial charge on any atom is 0.252 e. The van der Waals surface area contributed by atoms with E-state index in [9.17, 15) is 15.0 Å². The summed E-state index contributed by atoms with van der Waals surface area (Å²) in [6.45, 7) is 3.00. The number of anilines is 1. The Labute approximate surface area is 207 Å². The van der Waals surface area contributed by atoms with Gasteiger partial charge in [0, 0.05) is 38.1 Å². The maximum absolute atomic E-state index is 12.9. The summed E-state index contributed by atoms with van der Waals surface area (Å²) in [7, 11) is 1.80. The Hall–Kier alpha value is -3.10. The van der Waals surface area contributed by atoms with Gasteiger partial charge in [0.2, 0.25) is 0 Å². The number of carbonyl (C=O) groups excluding carboxylic acids is 1. The molecule has 4 atom stereocenters. The molecule has 0 aliphatic carbocycles. The van der Waals surface area contributed by atoms with Gasteiger partial charge >= 0.3 is 0 Å². The number of rotatable bonds is 7. The number of carbonyl (C=O) groups is 1. The van der Waals surface area contributed by atoms with Crippen LogP contribution < -0.4 is 11.1 Å². The molecule has 5 rings (SSSR count). The van der Waals surface area contributed by atoms with Crippen molar-refractivity contribution in [3.05, 3.63) is 24.8 Å². The summed E-state index contributed by atoms with van der Waals surface area (Å²) in [4.78, 5) is 23.5. The second-order valence-corrected chi connectivity index (χ2v) is 9.46. The lowest BCUT2D eigenvalue weighted by Crippen LogP contribution is -2.45. The van der Waals surface area contributed by atoms with Gasteiger partial charge in [0.1, 0.15) is 30.0 Å². The molecule has 1 amide bonds. The Morgan fingerprint density at radius 1 is 1.25 bits per heavy atom. The number of aliphatic hydroxyl groups excluding tert-OH is 3. The standard InChI is InChI=1S/C23H32N8O5/c1-29-5-4-15(28-29)14-11-31(21-16(14)20(24)26-12-27-21)23-18(34)17(33)19(36-23)22(35)25-10-13-2-6-30(7-3-13)8-9-32/h4-5,11-13,17-19,23,32-34H,2-3,6-10H2,1H3,(H,25,35)(H2,24,26,27)/t17-,18+,19-,23+/m0/s1. The highest BCUT2D eigenvalue weighted by Gasteiger charge is 2.48. The lowest BCUT2D eigenvalue weighted by atomic mass is 9.96. The minimum Gasteiger partial charge on any atom is -0.395 e. The molecule has 0 saturated carbocycles. The van der Waals surface area contributed by atoms with Crippen molar-refractivity contribution in [2.75, 3.05) is 38.5 Å². The van der Waals surface area contributed by atoms with Crippen LogP contribution in [-0.4, -0.2) is 102 Å². The van der Waals surface area contributed by atoms with Crippen LogP contribution in [0.5, 0.6) is 0 Å². The van der Waals surface area contributed by atoms with Crippen molar-refractivity contribution in [3.63, 3.8) is 0 Å². The van der Waals surface area contributed by atoms with Gasteiger partial charge in [-0.15, -0.1) is 0 Å². The van der Waals surface area contributed by atoms with Crippen LogP contribution in [0.4, 0.5) is 5.82 Å². The van der Waals surface area contributed by atoms with Crippen molar-refractivity contribution in [1.82, 2.24) is 34.5 Å². The lowest BCUT2D eigenvalue weighted by molar-refractivity contribution is -0.137. The molecular formula is C23H32N8O5. The first kappa shape index (κ1) is 24.6. The van der Waals surface area contributed by atoms with Crippen molar-refractivity contribution >= 4 is 22.8 Å². The second-order valence-electron chi connectivity index (χ2n) is 9.46. The van der Waals surface area contributed by atoms with Crippen LogP contribution in [0.25, 0.3) is 22.3 Å². The number of β-amino-alcohol motifs (C(OH)–C–C–N with tert-alkyl or cyclic N) is 1. The quantitative estimate of drug-likeness (QED) is 0.266. The fourth-order valence-electron chi connectivity index (χ4n) is 5.06. The number of aryl methyl sites for hydroxylation is 1. The second kappa shape index (κ2) is 10.1. The monoisotopic (exact) mass is 500 g/mol. The third-order valence-electron chi connectivity index (χ3n) is 7.09. The van der Waals surface area contributed by atoms with E-state index in [4.69, 9.17) is 15.6 Å². The van der Waals surface area contributed by atoms with Gasteiger partial charge in [0.15, 0.2) is 12.3 Å². The number of amides is 1. The number of nitrogens with two attached hydrogens (primary N) is 1. The summed E-state index contributed by atoms with van der Waals surface area (Å²) < 4.78 is 9.13. The van der Waals surface area contributed by atoms with Gasteiger partial charge in [-0.3, -0.25) is 9.48 Å². The normalized spacial score (nSPS) is 25.6. The van der Waals surface area contributed by atoms with Crippen LogP contribution in [0.3, 0.4) is 0 Å². The van der Waals surface area contributed by atoms with E-state index in [1.165, 1.54) is 6.33 Å². The molecule has 6 N–H and O–H groups in total. The summed E-state index contributed by atoms with van der Waals surface area (Å²) in [5.74, 6) is 0.0707. The first-order valence-electron chi connectivity index (χ1n) is 12.1. The van der Waals surface area contributed by atoms with Gasteiger partial charge in [0.05, 0.1) is 17.7 Å². The number of aliphatic hydroxyl groups is 3. The lowest BCUT2D eigenvalue weighted by Gasteiger charge is -2.31. The van der Waals surface area contributed by atoms with Crippen molar-refractivity contribution in [1.29, 1.82) is 0 Å². The number of likely N-dealkylation sites (tertiary alicyclic amines) is 1. The highest BCUT2D eigenvalue weighted by atomic mass is 16.6. The smallest absolute Gasteiger partial charge is 0.252 e. The van der Waals surface area contributed by atoms with E-state index in [0.717, 1.165) is 25.9 Å². The van der Waals surface area contributed by atoms with Gasteiger partial charge in [0.25, 0.3) is 5.91 Å². The third kappa shape index (κ3) is 4.55. The Kier molecular flexibility index (Phi) is 6.90. The Morgan fingerprint density at radius 2 is 2.03 bits per heavy atom. The zero-order valence-electron chi connectivity index (χ0n) is 20.1. The summed E-state index contributed by atoms with van der Waals surface area (Å²) in [6, 6.07) is 1.82. The van der Waals surface area contributed by atoms with E-state index in [2.05, 4.69) is 25.3 Å². The minimum absolute atomic E-state index is 0.139. The number of hydrogen-bond donors (Lipinski definition) is 5. The third-order valence-corrected chi connectivity index (χ3v) is 7.09. The number of nitrogens with one attached hydrogen (secondary N) is 1. The molecular weight excluding hydrogens is 468 g/mol. The van der Waals surface area contributed by atoms with E-state index >= 15 is 0 Å². The Balaban J connectivity index is 1.32. The Bertz CT molecular complexity index is 1220. The first-order valence-corrected chi connectivity index (χ1v) is 12.1. The fourth-order valence-corrected chi connectivity index (χ4v) is 5.06. The van der Waals surface area contributed by atoms with Crippen LogP contribution in [0, 0.1) is 5.92 Å². The predicted octanol–water partition coefficient (Wildman–Crippen LogP) is -1.15. The maximum atomic E-state index is 12.9. The van der Waals surface area contributed by atoms with Crippen LogP contribution >= 0.6 is 0 Å². The zero-order chi connectivity index (χ0) is 25.4. The van der Waals surface area contributed by atoms with Gasteiger partial charge in [-0.2, -0.15) is 5.10 Å². The summed E-state index contributed by atoms with van der Waals surface area (Å²) in [5, 5.41) is 38.5. The van der Waals surface area contributed by atoms with Crippen molar-refractivity contribution in [3.8, 4) is 11.3 Å². The van der Waals surface area contributed by atoms with E-state index in [1.54, 1.807) is 28.7 Å². The van der Waals surface area contributed by atoms with Gasteiger partial charge in [-0.25, -0.2) is 9.97 Å². The number of fused-ring (bicyclic) bond motifs is 1. The molecule has 0 radical (unpaired) electrons. The van der Waals surface area contributed by atoms with E-state index in [-0.39, 0.29) is 12.4 Å². The minimum atomic E-state index is -1.42. The topological polar surface area (TPSA) is 177 Å². The van der Waals surface area contributed by atoms with Crippen LogP contribution in [0.15, 0.2) is 24.8 Å². The van der Waals surface area contributed by atoms with Crippen LogP contribution in [0.2, 0.25) is 0 Å². The molecule has 0 aromatic carbocycles. The molecule has 194 valence electrons. The molecule has 3 aromatic rings. The Morgan fingerprint density at radius 3 is 2.72 bits per heavy atom. The number of aromatic nitrogens is 5. The SMILES string of the molecule is Cn1ccc(-c2cn([C@@H]3O[C@H](C(=O)NCC4CCN(CCO)CC4)[C@@H](O)[C@H]3O)c3ncnc(N)c23)n1. The summed E-state index contributed by atoms with van der Waals surface area (Å²) >= 11 is 0. The predicted molar refractivity (Wildman–Crippen MR) is 129 cm³/mol. The largest absolute Gasteiger partial charge is 0.395 e. The van der Waals surface area contributed by atoms with E-state index < -0.39 is 30.4 Å². The first-order chi connectivity index (χ1) is 17.4. The van der Waals surface area contributed by atoms with Gasteiger partial charge in [-0.05, 0) is 37.9 Å². The number of piperidine rings is 1. The molecule has 0 unspecified atom stereocenters. The molecule has 5 heterocycles. The zero-order valence-corrected chi connectivity index (χ0v) is 20.1. The highest BCUT2D eigenvalue weighted by Crippen LogP contribution is 2.38. The fraction of sp³-hybridized carbons (Fsp3) is 0.565. The van der Waals surface area contributed by atoms with E-state index in [0.29, 0.717) is 41.3 Å².